The van der Waals surface area contributed by atoms with Crippen LogP contribution in [0.2, 0.25) is 0 Å². The van der Waals surface area contributed by atoms with Crippen LogP contribution in [-0.4, -0.2) is 46.6 Å². The van der Waals surface area contributed by atoms with E-state index in [9.17, 15) is 9.59 Å². The molecule has 1 fully saturated rings. The van der Waals surface area contributed by atoms with Crippen molar-refractivity contribution in [1.29, 1.82) is 0 Å². The molecular formula is C25H29NO7. The molecule has 8 nitrogen and oxygen atoms in total. The van der Waals surface area contributed by atoms with Crippen LogP contribution in [0, 0.1) is 0 Å². The number of fused-ring (bicyclic) bond motifs is 3. The summed E-state index contributed by atoms with van der Waals surface area (Å²) in [7, 11) is 4.69. The monoisotopic (exact) mass is 455 g/mol. The summed E-state index contributed by atoms with van der Waals surface area (Å²) in [6.07, 6.45) is 1.99. The Morgan fingerprint density at radius 2 is 1.85 bits per heavy atom. The van der Waals surface area contributed by atoms with Gasteiger partial charge in [0, 0.05) is 18.4 Å². The van der Waals surface area contributed by atoms with Gasteiger partial charge in [0.2, 0.25) is 17.1 Å². The molecule has 2 aromatic carbocycles. The highest BCUT2D eigenvalue weighted by Crippen LogP contribution is 2.50. The van der Waals surface area contributed by atoms with Crippen molar-refractivity contribution in [3.63, 3.8) is 0 Å². The summed E-state index contributed by atoms with van der Waals surface area (Å²) >= 11 is 0. The van der Waals surface area contributed by atoms with Crippen molar-refractivity contribution in [3.05, 3.63) is 45.6 Å². The first-order chi connectivity index (χ1) is 16.0. The molecule has 0 saturated carbocycles. The molecule has 2 aliphatic rings. The van der Waals surface area contributed by atoms with Crippen molar-refractivity contribution >= 4 is 5.91 Å². The van der Waals surface area contributed by atoms with E-state index in [-0.39, 0.29) is 29.6 Å². The topological polar surface area (TPSA) is 106 Å². The number of amides is 1. The molecule has 1 aliphatic heterocycles. The molecule has 0 aromatic heterocycles. The predicted molar refractivity (Wildman–Crippen MR) is 123 cm³/mol. The molecule has 0 radical (unpaired) electrons. The van der Waals surface area contributed by atoms with Gasteiger partial charge >= 0.3 is 0 Å². The minimum absolute atomic E-state index is 0.133. The van der Waals surface area contributed by atoms with Crippen LogP contribution in [0.4, 0.5) is 0 Å². The molecular weight excluding hydrogens is 426 g/mol. The third kappa shape index (κ3) is 4.48. The summed E-state index contributed by atoms with van der Waals surface area (Å²) in [5.74, 6) is 1.13. The summed E-state index contributed by atoms with van der Waals surface area (Å²) in [5.41, 5.74) is 8.62. The van der Waals surface area contributed by atoms with Crippen LogP contribution in [0.3, 0.4) is 0 Å². The highest BCUT2D eigenvalue weighted by molar-refractivity contribution is 5.83. The van der Waals surface area contributed by atoms with Gasteiger partial charge in [0.05, 0.1) is 34.5 Å². The summed E-state index contributed by atoms with van der Waals surface area (Å²) in [4.78, 5) is 25.0. The highest BCUT2D eigenvalue weighted by Gasteiger charge is 2.30. The zero-order valence-electron chi connectivity index (χ0n) is 19.1. The van der Waals surface area contributed by atoms with Crippen LogP contribution >= 0.6 is 0 Å². The largest absolute Gasteiger partial charge is 0.493 e. The van der Waals surface area contributed by atoms with Crippen LogP contribution in [-0.2, 0) is 16.0 Å². The lowest BCUT2D eigenvalue weighted by molar-refractivity contribution is -0.118. The maximum Gasteiger partial charge on any atom is 0.220 e. The fourth-order valence-corrected chi connectivity index (χ4v) is 4.72. The predicted octanol–water partition coefficient (Wildman–Crippen LogP) is 2.81. The Morgan fingerprint density at radius 1 is 1.06 bits per heavy atom. The molecule has 8 heteroatoms. The number of nitrogens with two attached hydrogens (primary N) is 1. The second-order valence-corrected chi connectivity index (χ2v) is 8.26. The van der Waals surface area contributed by atoms with Crippen LogP contribution in [0.15, 0.2) is 29.1 Å². The number of ether oxygens (including phenoxy) is 5. The number of hydrogen-bond donors (Lipinski definition) is 1. The van der Waals surface area contributed by atoms with Crippen LogP contribution < -0.4 is 30.1 Å². The van der Waals surface area contributed by atoms with Gasteiger partial charge in [-0.2, -0.15) is 0 Å². The quantitative estimate of drug-likeness (QED) is 0.684. The Labute approximate surface area is 192 Å². The van der Waals surface area contributed by atoms with E-state index in [2.05, 4.69) is 0 Å². The standard InChI is InChI=1S/C25H29NO7/c1-29-21-10-15-5-4-14(11-22(26)28)18-12-19(27)20(33-16-8-9-32-13-16)7-6-17(18)23(15)25(31-3)24(21)30-2/h6-7,10,12,14,16H,4-5,8-9,11,13H2,1-3H3,(H2,26,28)/t14-,16-/m0/s1. The van der Waals surface area contributed by atoms with Crippen molar-refractivity contribution in [2.24, 2.45) is 5.73 Å². The summed E-state index contributed by atoms with van der Waals surface area (Å²) in [6.45, 7) is 1.07. The molecule has 0 unspecified atom stereocenters. The third-order valence-electron chi connectivity index (χ3n) is 6.25. The lowest BCUT2D eigenvalue weighted by Crippen LogP contribution is -2.19. The third-order valence-corrected chi connectivity index (χ3v) is 6.25. The number of benzene rings is 1. The molecule has 1 aliphatic carbocycles. The molecule has 0 spiro atoms. The van der Waals surface area contributed by atoms with Gasteiger partial charge in [-0.05, 0) is 53.6 Å². The van der Waals surface area contributed by atoms with E-state index in [0.717, 1.165) is 28.7 Å². The molecule has 176 valence electrons. The average molecular weight is 456 g/mol. The number of methoxy groups -OCH3 is 3. The molecule has 1 amide bonds. The first-order valence-corrected chi connectivity index (χ1v) is 11.0. The van der Waals surface area contributed by atoms with Gasteiger partial charge in [0.15, 0.2) is 17.2 Å². The number of carbonyl (C=O) groups is 1. The van der Waals surface area contributed by atoms with E-state index >= 15 is 0 Å². The molecule has 2 aromatic rings. The first-order valence-electron chi connectivity index (χ1n) is 11.0. The molecule has 1 saturated heterocycles. The van der Waals surface area contributed by atoms with E-state index in [1.165, 1.54) is 0 Å². The normalized spacial score (nSPS) is 19.1. The zero-order valence-corrected chi connectivity index (χ0v) is 19.1. The van der Waals surface area contributed by atoms with Crippen LogP contribution in [0.5, 0.6) is 23.0 Å². The SMILES string of the molecule is COc1cc2c(c(OC)c1OC)-c1ccc(O[C@H]3CCOC3)c(=O)cc1[C@H](CC(N)=O)CC2. The lowest BCUT2D eigenvalue weighted by Gasteiger charge is -2.19. The molecule has 2 N–H and O–H groups in total. The summed E-state index contributed by atoms with van der Waals surface area (Å²) < 4.78 is 28.3. The van der Waals surface area contributed by atoms with Crippen molar-refractivity contribution < 1.29 is 28.5 Å². The molecule has 0 bridgehead atoms. The smallest absolute Gasteiger partial charge is 0.220 e. The van der Waals surface area contributed by atoms with E-state index in [1.807, 2.05) is 12.1 Å². The zero-order chi connectivity index (χ0) is 23.5. The Balaban J connectivity index is 1.96. The van der Waals surface area contributed by atoms with Gasteiger partial charge in [-0.1, -0.05) is 6.07 Å². The van der Waals surface area contributed by atoms with Gasteiger partial charge in [0.1, 0.15) is 6.10 Å². The van der Waals surface area contributed by atoms with E-state index in [4.69, 9.17) is 29.4 Å². The van der Waals surface area contributed by atoms with Crippen molar-refractivity contribution in [2.45, 2.75) is 37.7 Å². The average Bonchev–Trinajstić information content (AvgIpc) is 3.21. The fourth-order valence-electron chi connectivity index (χ4n) is 4.72. The molecule has 4 rings (SSSR count). The van der Waals surface area contributed by atoms with Gasteiger partial charge in [-0.15, -0.1) is 0 Å². The van der Waals surface area contributed by atoms with E-state index in [1.54, 1.807) is 33.5 Å². The Hall–Kier alpha value is -3.26. The molecule has 1 heterocycles. The van der Waals surface area contributed by atoms with Crippen molar-refractivity contribution in [2.75, 3.05) is 34.5 Å². The lowest BCUT2D eigenvalue weighted by atomic mass is 9.90. The van der Waals surface area contributed by atoms with E-state index < -0.39 is 5.91 Å². The summed E-state index contributed by atoms with van der Waals surface area (Å²) in [5, 5.41) is 0. The van der Waals surface area contributed by atoms with Gasteiger partial charge in [-0.3, -0.25) is 9.59 Å². The number of aryl methyl sites for hydroxylation is 1. The Kier molecular flexibility index (Phi) is 6.74. The number of hydrogen-bond acceptors (Lipinski definition) is 7. The Bertz CT molecular complexity index is 1110. The minimum Gasteiger partial charge on any atom is -0.493 e. The van der Waals surface area contributed by atoms with Gasteiger partial charge in [0.25, 0.3) is 0 Å². The second-order valence-electron chi connectivity index (χ2n) is 8.26. The van der Waals surface area contributed by atoms with Crippen LogP contribution in [0.1, 0.15) is 36.3 Å². The number of rotatable bonds is 7. The molecule has 33 heavy (non-hydrogen) atoms. The maximum atomic E-state index is 13.2. The first kappa shape index (κ1) is 22.9. The fraction of sp³-hybridized carbons (Fsp3) is 0.440. The van der Waals surface area contributed by atoms with Gasteiger partial charge in [-0.25, -0.2) is 0 Å². The highest BCUT2D eigenvalue weighted by atomic mass is 16.5. The second kappa shape index (κ2) is 9.70. The number of carbonyl (C=O) groups excluding carboxylic acids is 1. The van der Waals surface area contributed by atoms with Crippen molar-refractivity contribution in [3.8, 4) is 34.1 Å². The molecule has 2 atom stereocenters. The minimum atomic E-state index is -0.419. The van der Waals surface area contributed by atoms with Crippen LogP contribution in [0.25, 0.3) is 11.1 Å². The van der Waals surface area contributed by atoms with Crippen molar-refractivity contribution in [1.82, 2.24) is 0 Å². The maximum absolute atomic E-state index is 13.2. The van der Waals surface area contributed by atoms with Gasteiger partial charge < -0.3 is 29.4 Å². The Morgan fingerprint density at radius 3 is 2.48 bits per heavy atom. The number of primary amides is 1. The summed E-state index contributed by atoms with van der Waals surface area (Å²) in [6, 6.07) is 7.03. The van der Waals surface area contributed by atoms with E-state index in [0.29, 0.717) is 43.3 Å².